The molecule has 1 N–H and O–H groups in total. The van der Waals surface area contributed by atoms with Crippen molar-refractivity contribution in [2.75, 3.05) is 51.3 Å². The number of aryl methyl sites for hydroxylation is 1. The molecule has 7 nitrogen and oxygen atoms in total. The maximum atomic E-state index is 5.85. The van der Waals surface area contributed by atoms with Crippen molar-refractivity contribution in [3.8, 4) is 5.75 Å². The third-order valence-electron chi connectivity index (χ3n) is 4.58. The number of nitrogens with zero attached hydrogens (tertiary/aromatic N) is 5. The van der Waals surface area contributed by atoms with E-state index in [2.05, 4.69) is 43.1 Å². The fourth-order valence-corrected chi connectivity index (χ4v) is 3.08. The van der Waals surface area contributed by atoms with Gasteiger partial charge in [-0.2, -0.15) is 0 Å². The highest BCUT2D eigenvalue weighted by Crippen LogP contribution is 2.16. The second-order valence-electron chi connectivity index (χ2n) is 6.46. The van der Waals surface area contributed by atoms with Crippen LogP contribution >= 0.6 is 24.0 Å². The Morgan fingerprint density at radius 1 is 1.11 bits per heavy atom. The lowest BCUT2D eigenvalue weighted by molar-refractivity contribution is 0.307. The Hall–Kier alpha value is -2.10. The predicted octanol–water partition coefficient (Wildman–Crippen LogP) is 2.57. The summed E-state index contributed by atoms with van der Waals surface area (Å²) in [6, 6.07) is 9.95. The minimum atomic E-state index is 0. The van der Waals surface area contributed by atoms with Gasteiger partial charge in [0.25, 0.3) is 0 Å². The summed E-state index contributed by atoms with van der Waals surface area (Å²) in [5.41, 5.74) is 1.17. The number of aliphatic imine (C=N–C) groups is 1. The second kappa shape index (κ2) is 11.7. The van der Waals surface area contributed by atoms with Crippen molar-refractivity contribution >= 4 is 35.9 Å². The molecule has 0 atom stereocenters. The minimum absolute atomic E-state index is 0. The molecule has 2 heterocycles. The van der Waals surface area contributed by atoms with E-state index >= 15 is 0 Å². The Morgan fingerprint density at radius 3 is 2.50 bits per heavy atom. The molecule has 1 aliphatic rings. The zero-order valence-electron chi connectivity index (χ0n) is 16.5. The standard InChI is InChI=1S/C20H28N6O.HI/c1-17-7-3-4-8-18(17)27-16-6-11-22-19(21-2)25-12-14-26(15-13-25)20-23-9-5-10-24-20;/h3-5,7-10H,6,11-16H2,1-2H3,(H,21,22);1H. The summed E-state index contributed by atoms with van der Waals surface area (Å²) >= 11 is 0. The number of ether oxygens (including phenoxy) is 1. The first kappa shape index (κ1) is 22.2. The number of anilines is 1. The molecule has 0 saturated carbocycles. The Bertz CT molecular complexity index is 734. The molecule has 0 unspecified atom stereocenters. The molecule has 152 valence electrons. The molecule has 1 aromatic heterocycles. The first-order valence-corrected chi connectivity index (χ1v) is 9.44. The van der Waals surface area contributed by atoms with Crippen molar-refractivity contribution in [2.24, 2.45) is 4.99 Å². The number of hydrogen-bond donors (Lipinski definition) is 1. The molecular formula is C20H29IN6O. The molecule has 2 aromatic rings. The van der Waals surface area contributed by atoms with Gasteiger partial charge in [-0.15, -0.1) is 24.0 Å². The predicted molar refractivity (Wildman–Crippen MR) is 124 cm³/mol. The molecule has 0 aliphatic carbocycles. The van der Waals surface area contributed by atoms with Gasteiger partial charge in [-0.3, -0.25) is 4.99 Å². The van der Waals surface area contributed by atoms with Gasteiger partial charge in [-0.25, -0.2) is 9.97 Å². The first-order valence-electron chi connectivity index (χ1n) is 9.44. The smallest absolute Gasteiger partial charge is 0.225 e. The Labute approximate surface area is 184 Å². The molecule has 1 aliphatic heterocycles. The maximum Gasteiger partial charge on any atom is 0.225 e. The van der Waals surface area contributed by atoms with Gasteiger partial charge in [0.2, 0.25) is 5.95 Å². The van der Waals surface area contributed by atoms with Gasteiger partial charge >= 0.3 is 0 Å². The number of aromatic nitrogens is 2. The van der Waals surface area contributed by atoms with E-state index in [4.69, 9.17) is 4.74 Å². The summed E-state index contributed by atoms with van der Waals surface area (Å²) in [4.78, 5) is 17.6. The summed E-state index contributed by atoms with van der Waals surface area (Å²) in [7, 11) is 1.83. The number of hydrogen-bond acceptors (Lipinski definition) is 5. The molecule has 8 heteroatoms. The number of guanidine groups is 1. The van der Waals surface area contributed by atoms with E-state index in [0.29, 0.717) is 6.61 Å². The Balaban J connectivity index is 0.00000280. The van der Waals surface area contributed by atoms with Crippen LogP contribution in [0, 0.1) is 6.92 Å². The number of benzene rings is 1. The molecule has 0 spiro atoms. The monoisotopic (exact) mass is 496 g/mol. The summed E-state index contributed by atoms with van der Waals surface area (Å²) < 4.78 is 5.85. The molecule has 0 amide bonds. The van der Waals surface area contributed by atoms with Gasteiger partial charge in [-0.05, 0) is 31.0 Å². The van der Waals surface area contributed by atoms with Crippen molar-refractivity contribution < 1.29 is 4.74 Å². The van der Waals surface area contributed by atoms with Crippen LogP contribution in [0.1, 0.15) is 12.0 Å². The lowest BCUT2D eigenvalue weighted by Crippen LogP contribution is -2.53. The van der Waals surface area contributed by atoms with Crippen molar-refractivity contribution in [3.63, 3.8) is 0 Å². The summed E-state index contributed by atoms with van der Waals surface area (Å²) in [6.45, 7) is 7.17. The van der Waals surface area contributed by atoms with Crippen molar-refractivity contribution in [1.82, 2.24) is 20.2 Å². The van der Waals surface area contributed by atoms with Crippen molar-refractivity contribution in [3.05, 3.63) is 48.3 Å². The molecule has 1 fully saturated rings. The van der Waals surface area contributed by atoms with Gasteiger partial charge in [0, 0.05) is 52.2 Å². The van der Waals surface area contributed by atoms with Crippen LogP contribution in [0.2, 0.25) is 0 Å². The molecule has 0 radical (unpaired) electrons. The van der Waals surface area contributed by atoms with Crippen molar-refractivity contribution in [2.45, 2.75) is 13.3 Å². The third kappa shape index (κ3) is 6.22. The maximum absolute atomic E-state index is 5.85. The molecular weight excluding hydrogens is 467 g/mol. The largest absolute Gasteiger partial charge is 0.493 e. The number of piperazine rings is 1. The van der Waals surface area contributed by atoms with Gasteiger partial charge in [-0.1, -0.05) is 18.2 Å². The molecule has 3 rings (SSSR count). The van der Waals surface area contributed by atoms with Crippen LogP contribution in [0.15, 0.2) is 47.7 Å². The molecule has 28 heavy (non-hydrogen) atoms. The van der Waals surface area contributed by atoms with Gasteiger partial charge in [0.05, 0.1) is 6.61 Å². The van der Waals surface area contributed by atoms with Crippen LogP contribution in [0.4, 0.5) is 5.95 Å². The summed E-state index contributed by atoms with van der Waals surface area (Å²) in [5.74, 6) is 2.70. The van der Waals surface area contributed by atoms with E-state index in [-0.39, 0.29) is 24.0 Å². The van der Waals surface area contributed by atoms with Crippen LogP contribution in [-0.4, -0.2) is 67.2 Å². The molecule has 1 saturated heterocycles. The van der Waals surface area contributed by atoms with E-state index in [1.807, 2.05) is 31.3 Å². The van der Waals surface area contributed by atoms with E-state index in [1.165, 1.54) is 5.56 Å². The van der Waals surface area contributed by atoms with E-state index in [9.17, 15) is 0 Å². The SMILES string of the molecule is CN=C(NCCCOc1ccccc1C)N1CCN(c2ncccn2)CC1.I. The van der Waals surface area contributed by atoms with Crippen molar-refractivity contribution in [1.29, 1.82) is 0 Å². The number of halogens is 1. The average molecular weight is 496 g/mol. The van der Waals surface area contributed by atoms with Crippen LogP contribution in [0.5, 0.6) is 5.75 Å². The number of rotatable bonds is 6. The average Bonchev–Trinajstić information content (AvgIpc) is 2.73. The van der Waals surface area contributed by atoms with Crippen LogP contribution in [-0.2, 0) is 0 Å². The highest BCUT2D eigenvalue weighted by Gasteiger charge is 2.20. The van der Waals surface area contributed by atoms with Crippen LogP contribution in [0.25, 0.3) is 0 Å². The summed E-state index contributed by atoms with van der Waals surface area (Å²) in [5, 5.41) is 3.44. The van der Waals surface area contributed by atoms with Crippen LogP contribution < -0.4 is 15.0 Å². The van der Waals surface area contributed by atoms with E-state index in [0.717, 1.165) is 56.8 Å². The van der Waals surface area contributed by atoms with E-state index in [1.54, 1.807) is 12.4 Å². The first-order chi connectivity index (χ1) is 13.3. The van der Waals surface area contributed by atoms with E-state index < -0.39 is 0 Å². The topological polar surface area (TPSA) is 65.9 Å². The fraction of sp³-hybridized carbons (Fsp3) is 0.450. The van der Waals surface area contributed by atoms with Crippen LogP contribution in [0.3, 0.4) is 0 Å². The number of para-hydroxylation sites is 1. The summed E-state index contributed by atoms with van der Waals surface area (Å²) in [6.07, 6.45) is 4.49. The lowest BCUT2D eigenvalue weighted by atomic mass is 10.2. The van der Waals surface area contributed by atoms with Gasteiger partial charge in [0.1, 0.15) is 5.75 Å². The molecule has 0 bridgehead atoms. The minimum Gasteiger partial charge on any atom is -0.493 e. The zero-order chi connectivity index (χ0) is 18.9. The zero-order valence-corrected chi connectivity index (χ0v) is 18.9. The fourth-order valence-electron chi connectivity index (χ4n) is 3.08. The quantitative estimate of drug-likeness (QED) is 0.287. The van der Waals surface area contributed by atoms with Gasteiger partial charge < -0.3 is 19.9 Å². The Morgan fingerprint density at radius 2 is 1.82 bits per heavy atom. The van der Waals surface area contributed by atoms with Gasteiger partial charge in [0.15, 0.2) is 5.96 Å². The highest BCUT2D eigenvalue weighted by atomic mass is 127. The molecule has 1 aromatic carbocycles. The normalized spacial score (nSPS) is 14.4. The third-order valence-corrected chi connectivity index (χ3v) is 4.58. The Kier molecular flexibility index (Phi) is 9.26. The highest BCUT2D eigenvalue weighted by molar-refractivity contribution is 14.0. The second-order valence-corrected chi connectivity index (χ2v) is 6.46. The number of nitrogens with one attached hydrogen (secondary N) is 1. The lowest BCUT2D eigenvalue weighted by Gasteiger charge is -2.36.